The molecular formula is C14H21N. The van der Waals surface area contributed by atoms with E-state index in [1.54, 1.807) is 0 Å². The average molecular weight is 203 g/mol. The molecule has 0 amide bonds. The van der Waals surface area contributed by atoms with Gasteiger partial charge in [0.2, 0.25) is 0 Å². The summed E-state index contributed by atoms with van der Waals surface area (Å²) in [6.07, 6.45) is 3.58. The van der Waals surface area contributed by atoms with Crippen LogP contribution in [0.1, 0.15) is 47.1 Å². The first-order valence-corrected chi connectivity index (χ1v) is 5.82. The third-order valence-corrected chi connectivity index (χ3v) is 4.26. The van der Waals surface area contributed by atoms with Crippen molar-refractivity contribution in [3.8, 4) is 0 Å². The number of benzene rings is 1. The van der Waals surface area contributed by atoms with Gasteiger partial charge < -0.3 is 5.73 Å². The molecule has 0 atom stereocenters. The normalized spacial score (nSPS) is 18.7. The third-order valence-electron chi connectivity index (χ3n) is 4.26. The summed E-state index contributed by atoms with van der Waals surface area (Å²) in [5.41, 5.74) is 13.4. The molecule has 1 aliphatic carbocycles. The van der Waals surface area contributed by atoms with Crippen molar-refractivity contribution in [2.75, 3.05) is 0 Å². The van der Waals surface area contributed by atoms with Gasteiger partial charge in [-0.3, -0.25) is 0 Å². The zero-order chi connectivity index (χ0) is 11.2. The minimum absolute atomic E-state index is 0.0205. The first-order valence-electron chi connectivity index (χ1n) is 5.82. The predicted molar refractivity (Wildman–Crippen MR) is 65.1 cm³/mol. The number of aryl methyl sites for hydroxylation is 1. The summed E-state index contributed by atoms with van der Waals surface area (Å²) in [6, 6.07) is 2.30. The van der Waals surface area contributed by atoms with Crippen LogP contribution in [0.25, 0.3) is 0 Å². The maximum Gasteiger partial charge on any atom is 0.0412 e. The average Bonchev–Trinajstić information content (AvgIpc) is 2.17. The molecule has 0 saturated heterocycles. The van der Waals surface area contributed by atoms with E-state index in [9.17, 15) is 0 Å². The van der Waals surface area contributed by atoms with Crippen LogP contribution in [0.15, 0.2) is 6.07 Å². The van der Waals surface area contributed by atoms with Gasteiger partial charge in [0, 0.05) is 5.54 Å². The van der Waals surface area contributed by atoms with Crippen molar-refractivity contribution < 1.29 is 0 Å². The molecule has 1 fully saturated rings. The fourth-order valence-electron chi connectivity index (χ4n) is 2.56. The fraction of sp³-hybridized carbons (Fsp3) is 0.571. The molecule has 0 heterocycles. The summed E-state index contributed by atoms with van der Waals surface area (Å²) < 4.78 is 0. The van der Waals surface area contributed by atoms with E-state index in [1.165, 1.54) is 34.2 Å². The van der Waals surface area contributed by atoms with Crippen molar-refractivity contribution in [1.82, 2.24) is 0 Å². The molecule has 1 saturated carbocycles. The van der Waals surface area contributed by atoms with Crippen LogP contribution in [-0.4, -0.2) is 0 Å². The van der Waals surface area contributed by atoms with Crippen molar-refractivity contribution in [2.45, 2.75) is 52.5 Å². The highest BCUT2D eigenvalue weighted by Gasteiger charge is 2.36. The van der Waals surface area contributed by atoms with Gasteiger partial charge in [0.15, 0.2) is 0 Å². The molecule has 15 heavy (non-hydrogen) atoms. The van der Waals surface area contributed by atoms with Crippen LogP contribution in [0.5, 0.6) is 0 Å². The van der Waals surface area contributed by atoms with Gasteiger partial charge in [-0.1, -0.05) is 6.07 Å². The monoisotopic (exact) mass is 203 g/mol. The summed E-state index contributed by atoms with van der Waals surface area (Å²) in [4.78, 5) is 0. The van der Waals surface area contributed by atoms with Crippen molar-refractivity contribution in [2.24, 2.45) is 5.73 Å². The van der Waals surface area contributed by atoms with Crippen LogP contribution in [0.3, 0.4) is 0 Å². The highest BCUT2D eigenvalue weighted by Crippen LogP contribution is 2.41. The maximum atomic E-state index is 6.41. The molecule has 1 heteroatoms. The lowest BCUT2D eigenvalue weighted by Gasteiger charge is -2.40. The van der Waals surface area contributed by atoms with Gasteiger partial charge in [0.1, 0.15) is 0 Å². The predicted octanol–water partition coefficient (Wildman–Crippen LogP) is 3.26. The first-order chi connectivity index (χ1) is 6.96. The summed E-state index contributed by atoms with van der Waals surface area (Å²) >= 11 is 0. The molecule has 1 aromatic carbocycles. The fourth-order valence-corrected chi connectivity index (χ4v) is 2.56. The lowest BCUT2D eigenvalue weighted by molar-refractivity contribution is 0.252. The molecule has 2 N–H and O–H groups in total. The molecule has 0 aliphatic heterocycles. The zero-order valence-corrected chi connectivity index (χ0v) is 10.3. The summed E-state index contributed by atoms with van der Waals surface area (Å²) in [6.45, 7) is 8.81. The van der Waals surface area contributed by atoms with E-state index in [0.29, 0.717) is 0 Å². The van der Waals surface area contributed by atoms with Gasteiger partial charge in [-0.15, -0.1) is 0 Å². The van der Waals surface area contributed by atoms with E-state index >= 15 is 0 Å². The molecule has 0 radical (unpaired) electrons. The number of nitrogens with two attached hydrogens (primary N) is 1. The van der Waals surface area contributed by atoms with Crippen LogP contribution in [0.4, 0.5) is 0 Å². The molecule has 0 bridgehead atoms. The van der Waals surface area contributed by atoms with Crippen molar-refractivity contribution in [3.63, 3.8) is 0 Å². The number of hydrogen-bond donors (Lipinski definition) is 1. The van der Waals surface area contributed by atoms with Crippen LogP contribution >= 0.6 is 0 Å². The van der Waals surface area contributed by atoms with Crippen LogP contribution in [0, 0.1) is 27.7 Å². The Labute approximate surface area is 92.7 Å². The van der Waals surface area contributed by atoms with E-state index in [2.05, 4.69) is 33.8 Å². The van der Waals surface area contributed by atoms with Gasteiger partial charge in [-0.2, -0.15) is 0 Å². The lowest BCUT2D eigenvalue weighted by Crippen LogP contribution is -2.44. The van der Waals surface area contributed by atoms with Gasteiger partial charge in [-0.25, -0.2) is 0 Å². The highest BCUT2D eigenvalue weighted by atomic mass is 14.8. The molecule has 0 spiro atoms. The summed E-state index contributed by atoms with van der Waals surface area (Å²) in [5.74, 6) is 0. The van der Waals surface area contributed by atoms with E-state index in [4.69, 9.17) is 5.73 Å². The Morgan fingerprint density at radius 2 is 1.60 bits per heavy atom. The topological polar surface area (TPSA) is 26.0 Å². The number of rotatable bonds is 1. The van der Waals surface area contributed by atoms with Gasteiger partial charge in [0.05, 0.1) is 0 Å². The third kappa shape index (κ3) is 1.50. The Morgan fingerprint density at radius 3 is 2.07 bits per heavy atom. The summed E-state index contributed by atoms with van der Waals surface area (Å²) in [7, 11) is 0. The van der Waals surface area contributed by atoms with E-state index in [-0.39, 0.29) is 5.54 Å². The second-order valence-electron chi connectivity index (χ2n) is 5.13. The lowest BCUT2D eigenvalue weighted by atomic mass is 9.70. The van der Waals surface area contributed by atoms with E-state index in [1.807, 2.05) is 0 Å². The Morgan fingerprint density at radius 1 is 1.00 bits per heavy atom. The Hall–Kier alpha value is -0.820. The Kier molecular flexibility index (Phi) is 2.38. The van der Waals surface area contributed by atoms with Gasteiger partial charge >= 0.3 is 0 Å². The Bertz CT molecular complexity index is 400. The molecule has 1 nitrogen and oxygen atoms in total. The van der Waals surface area contributed by atoms with Gasteiger partial charge in [-0.05, 0) is 74.8 Å². The quantitative estimate of drug-likeness (QED) is 0.745. The molecule has 0 aromatic heterocycles. The zero-order valence-electron chi connectivity index (χ0n) is 10.3. The van der Waals surface area contributed by atoms with Crippen LogP contribution in [-0.2, 0) is 5.54 Å². The second kappa shape index (κ2) is 3.34. The first kappa shape index (κ1) is 10.7. The second-order valence-corrected chi connectivity index (χ2v) is 5.13. The van der Waals surface area contributed by atoms with Gasteiger partial charge in [0.25, 0.3) is 0 Å². The van der Waals surface area contributed by atoms with E-state index in [0.717, 1.165) is 12.8 Å². The SMILES string of the molecule is Cc1cc(C2(N)CCC2)c(C)c(C)c1C. The molecule has 82 valence electrons. The van der Waals surface area contributed by atoms with Crippen LogP contribution in [0.2, 0.25) is 0 Å². The smallest absolute Gasteiger partial charge is 0.0412 e. The number of hydrogen-bond acceptors (Lipinski definition) is 1. The minimum Gasteiger partial charge on any atom is -0.321 e. The Balaban J connectivity index is 2.58. The van der Waals surface area contributed by atoms with E-state index < -0.39 is 0 Å². The summed E-state index contributed by atoms with van der Waals surface area (Å²) in [5, 5.41) is 0. The van der Waals surface area contributed by atoms with Crippen molar-refractivity contribution in [3.05, 3.63) is 33.9 Å². The van der Waals surface area contributed by atoms with Crippen LogP contribution < -0.4 is 5.73 Å². The maximum absolute atomic E-state index is 6.41. The highest BCUT2D eigenvalue weighted by molar-refractivity contribution is 5.47. The molecule has 1 aromatic rings. The van der Waals surface area contributed by atoms with Crippen molar-refractivity contribution in [1.29, 1.82) is 0 Å². The molecular weight excluding hydrogens is 182 g/mol. The largest absolute Gasteiger partial charge is 0.321 e. The molecule has 1 aliphatic rings. The van der Waals surface area contributed by atoms with Crippen molar-refractivity contribution >= 4 is 0 Å². The minimum atomic E-state index is -0.0205. The standard InChI is InChI=1S/C14H21N/c1-9-8-13(14(15)6-5-7-14)12(4)11(3)10(9)2/h8H,5-7,15H2,1-4H3. The molecule has 2 rings (SSSR count). The molecule has 0 unspecified atom stereocenters.